The first-order chi connectivity index (χ1) is 16.0. The number of hydrogen-bond acceptors (Lipinski definition) is 4. The topological polar surface area (TPSA) is 95.9 Å². The number of amides is 2. The number of carbonyl (C=O) groups excluding carboxylic acids is 2. The molecular weight excluding hydrogens is 423 g/mol. The molecule has 4 heterocycles. The highest BCUT2D eigenvalue weighted by Gasteiger charge is 2.35. The van der Waals surface area contributed by atoms with Crippen LogP contribution in [0.25, 0.3) is 10.9 Å². The zero-order valence-electron chi connectivity index (χ0n) is 18.1. The van der Waals surface area contributed by atoms with Gasteiger partial charge in [-0.15, -0.1) is 0 Å². The van der Waals surface area contributed by atoms with Gasteiger partial charge in [0.05, 0.1) is 17.2 Å². The number of hydrogen-bond donors (Lipinski definition) is 2. The van der Waals surface area contributed by atoms with Crippen molar-refractivity contribution in [3.8, 4) is 0 Å². The van der Waals surface area contributed by atoms with E-state index in [4.69, 9.17) is 0 Å². The third-order valence-corrected chi connectivity index (χ3v) is 5.97. The van der Waals surface area contributed by atoms with Gasteiger partial charge in [0.1, 0.15) is 5.82 Å². The first-order valence-corrected chi connectivity index (χ1v) is 10.7. The van der Waals surface area contributed by atoms with Crippen LogP contribution in [0.5, 0.6) is 0 Å². The van der Waals surface area contributed by atoms with Crippen LogP contribution in [0.3, 0.4) is 0 Å². The number of H-pyrrole nitrogens is 1. The van der Waals surface area contributed by atoms with Crippen LogP contribution < -0.4 is 5.32 Å². The SMILES string of the molecule is Cn1cc2c(n1)[C@H](C(=O)NCCc1c[nH]c3ccc(F)cc13)CN(C(=O)c1cccnc1)C2. The predicted octanol–water partition coefficient (Wildman–Crippen LogP) is 2.53. The lowest BCUT2D eigenvalue weighted by molar-refractivity contribution is -0.123. The van der Waals surface area contributed by atoms with Crippen LogP contribution in [0, 0.1) is 5.82 Å². The van der Waals surface area contributed by atoms with Gasteiger partial charge in [-0.25, -0.2) is 4.39 Å². The van der Waals surface area contributed by atoms with Crippen LogP contribution in [0.1, 0.15) is 33.1 Å². The number of pyridine rings is 1. The molecule has 0 radical (unpaired) electrons. The van der Waals surface area contributed by atoms with Gasteiger partial charge in [-0.3, -0.25) is 19.3 Å². The van der Waals surface area contributed by atoms with E-state index < -0.39 is 5.92 Å². The zero-order chi connectivity index (χ0) is 22.9. The molecule has 5 rings (SSSR count). The normalized spacial score (nSPS) is 15.5. The minimum absolute atomic E-state index is 0.170. The number of nitrogens with one attached hydrogen (secondary N) is 2. The number of halogens is 1. The molecule has 0 saturated carbocycles. The minimum atomic E-state index is -0.573. The molecule has 2 amide bonds. The van der Waals surface area contributed by atoms with Crippen molar-refractivity contribution in [2.45, 2.75) is 18.9 Å². The second-order valence-corrected chi connectivity index (χ2v) is 8.24. The predicted molar refractivity (Wildman–Crippen MR) is 120 cm³/mol. The van der Waals surface area contributed by atoms with Crippen molar-refractivity contribution in [3.05, 3.63) is 83.3 Å². The Labute approximate surface area is 189 Å². The van der Waals surface area contributed by atoms with Gasteiger partial charge in [-0.05, 0) is 42.3 Å². The van der Waals surface area contributed by atoms with E-state index in [1.54, 1.807) is 41.0 Å². The van der Waals surface area contributed by atoms with Crippen molar-refractivity contribution in [1.29, 1.82) is 0 Å². The van der Waals surface area contributed by atoms with Gasteiger partial charge in [-0.1, -0.05) is 0 Å². The highest BCUT2D eigenvalue weighted by atomic mass is 19.1. The van der Waals surface area contributed by atoms with E-state index in [9.17, 15) is 14.0 Å². The number of benzene rings is 1. The summed E-state index contributed by atoms with van der Waals surface area (Å²) in [6.07, 6.45) is 7.38. The summed E-state index contributed by atoms with van der Waals surface area (Å²) >= 11 is 0. The Morgan fingerprint density at radius 1 is 1.30 bits per heavy atom. The minimum Gasteiger partial charge on any atom is -0.361 e. The Balaban J connectivity index is 1.30. The maximum Gasteiger partial charge on any atom is 0.255 e. The van der Waals surface area contributed by atoms with Crippen molar-refractivity contribution >= 4 is 22.7 Å². The molecule has 1 aliphatic heterocycles. The first kappa shape index (κ1) is 20.9. The lowest BCUT2D eigenvalue weighted by Crippen LogP contribution is -2.44. The van der Waals surface area contributed by atoms with Gasteiger partial charge in [0.2, 0.25) is 5.91 Å². The highest BCUT2D eigenvalue weighted by molar-refractivity contribution is 5.95. The van der Waals surface area contributed by atoms with Crippen molar-refractivity contribution in [3.63, 3.8) is 0 Å². The Morgan fingerprint density at radius 3 is 3.00 bits per heavy atom. The summed E-state index contributed by atoms with van der Waals surface area (Å²) in [5.41, 5.74) is 3.82. The summed E-state index contributed by atoms with van der Waals surface area (Å²) in [7, 11) is 1.80. The van der Waals surface area contributed by atoms with E-state index in [1.807, 2.05) is 12.4 Å². The molecule has 9 heteroatoms. The summed E-state index contributed by atoms with van der Waals surface area (Å²) in [5.74, 6) is -1.23. The molecule has 0 spiro atoms. The summed E-state index contributed by atoms with van der Waals surface area (Å²) < 4.78 is 15.3. The molecule has 168 valence electrons. The van der Waals surface area contributed by atoms with Crippen LogP contribution in [-0.2, 0) is 24.8 Å². The van der Waals surface area contributed by atoms with Crippen LogP contribution in [0.4, 0.5) is 4.39 Å². The lowest BCUT2D eigenvalue weighted by Gasteiger charge is -2.31. The molecule has 4 aromatic rings. The molecule has 1 aromatic carbocycles. The monoisotopic (exact) mass is 446 g/mol. The average molecular weight is 446 g/mol. The third-order valence-electron chi connectivity index (χ3n) is 5.97. The van der Waals surface area contributed by atoms with Crippen LogP contribution >= 0.6 is 0 Å². The van der Waals surface area contributed by atoms with Gasteiger partial charge in [0.25, 0.3) is 5.91 Å². The van der Waals surface area contributed by atoms with Gasteiger partial charge < -0.3 is 15.2 Å². The molecule has 0 aliphatic carbocycles. The Kier molecular flexibility index (Phi) is 5.37. The molecule has 1 aliphatic rings. The van der Waals surface area contributed by atoms with Crippen molar-refractivity contribution < 1.29 is 14.0 Å². The standard InChI is InChI=1S/C24H23FN6O2/c1-30-12-17-13-31(24(33)16-3-2-7-26-10-16)14-20(22(17)29-30)23(32)27-8-6-15-11-28-21-5-4-18(25)9-19(15)21/h2-5,7,9-12,20,28H,6,8,13-14H2,1H3,(H,27,32)/t20-/m1/s1. The molecule has 0 bridgehead atoms. The fourth-order valence-corrected chi connectivity index (χ4v) is 4.38. The third kappa shape index (κ3) is 4.09. The summed E-state index contributed by atoms with van der Waals surface area (Å²) in [5, 5.41) is 8.27. The maximum absolute atomic E-state index is 13.6. The van der Waals surface area contributed by atoms with E-state index in [0.717, 1.165) is 22.0 Å². The van der Waals surface area contributed by atoms with Crippen LogP contribution in [0.15, 0.2) is 55.1 Å². The molecule has 3 aromatic heterocycles. The van der Waals surface area contributed by atoms with Gasteiger partial charge >= 0.3 is 0 Å². The molecule has 0 saturated heterocycles. The summed E-state index contributed by atoms with van der Waals surface area (Å²) in [4.78, 5) is 35.0. The number of aromatic nitrogens is 4. The lowest BCUT2D eigenvalue weighted by atomic mass is 9.95. The second kappa shape index (κ2) is 8.50. The molecule has 33 heavy (non-hydrogen) atoms. The van der Waals surface area contributed by atoms with E-state index >= 15 is 0 Å². The Hall–Kier alpha value is -4.01. The van der Waals surface area contributed by atoms with E-state index in [-0.39, 0.29) is 24.2 Å². The number of aromatic amines is 1. The number of aryl methyl sites for hydroxylation is 1. The molecule has 8 nitrogen and oxygen atoms in total. The molecule has 1 atom stereocenters. The smallest absolute Gasteiger partial charge is 0.255 e. The van der Waals surface area contributed by atoms with Crippen molar-refractivity contribution in [1.82, 2.24) is 30.0 Å². The second-order valence-electron chi connectivity index (χ2n) is 8.24. The largest absolute Gasteiger partial charge is 0.361 e. The fourth-order valence-electron chi connectivity index (χ4n) is 4.38. The zero-order valence-corrected chi connectivity index (χ0v) is 18.1. The summed E-state index contributed by atoms with van der Waals surface area (Å²) in [6.45, 7) is 1.01. The number of nitrogens with zero attached hydrogens (tertiary/aromatic N) is 4. The quantitative estimate of drug-likeness (QED) is 0.493. The fraction of sp³-hybridized carbons (Fsp3) is 0.250. The molecule has 0 fully saturated rings. The molecule has 2 N–H and O–H groups in total. The highest BCUT2D eigenvalue weighted by Crippen LogP contribution is 2.28. The number of carbonyl (C=O) groups is 2. The first-order valence-electron chi connectivity index (χ1n) is 10.7. The molecular formula is C24H23FN6O2. The van der Waals surface area contributed by atoms with Crippen molar-refractivity contribution in [2.75, 3.05) is 13.1 Å². The number of rotatable bonds is 5. The van der Waals surface area contributed by atoms with Crippen LogP contribution in [-0.4, -0.2) is 49.6 Å². The number of fused-ring (bicyclic) bond motifs is 2. The van der Waals surface area contributed by atoms with Gasteiger partial charge in [0.15, 0.2) is 0 Å². The Morgan fingerprint density at radius 2 is 2.18 bits per heavy atom. The Bertz CT molecular complexity index is 1330. The van der Waals surface area contributed by atoms with Gasteiger partial charge in [0, 0.05) is 67.9 Å². The van der Waals surface area contributed by atoms with E-state index in [0.29, 0.717) is 30.8 Å². The van der Waals surface area contributed by atoms with E-state index in [1.165, 1.54) is 18.3 Å². The van der Waals surface area contributed by atoms with Gasteiger partial charge in [-0.2, -0.15) is 5.10 Å². The van der Waals surface area contributed by atoms with Crippen LogP contribution in [0.2, 0.25) is 0 Å². The average Bonchev–Trinajstić information content (AvgIpc) is 3.40. The van der Waals surface area contributed by atoms with E-state index in [2.05, 4.69) is 20.4 Å². The maximum atomic E-state index is 13.6. The summed E-state index contributed by atoms with van der Waals surface area (Å²) in [6, 6.07) is 8.04. The van der Waals surface area contributed by atoms with Crippen molar-refractivity contribution in [2.24, 2.45) is 7.05 Å². The molecule has 0 unspecified atom stereocenters.